The van der Waals surface area contributed by atoms with E-state index in [0.717, 1.165) is 85.2 Å². The number of imide groups is 2. The van der Waals surface area contributed by atoms with Crippen LogP contribution in [0.3, 0.4) is 0 Å². The van der Waals surface area contributed by atoms with E-state index in [1.807, 2.05) is 28.0 Å². The molecule has 5 amide bonds. The summed E-state index contributed by atoms with van der Waals surface area (Å²) in [7, 11) is 0. The lowest BCUT2D eigenvalue weighted by molar-refractivity contribution is -0.136. The van der Waals surface area contributed by atoms with Gasteiger partial charge in [0, 0.05) is 49.9 Å². The molecule has 2 aromatic heterocycles. The number of rotatable bonds is 11. The number of para-hydroxylation sites is 1. The minimum atomic E-state index is -0.986. The fourth-order valence-electron chi connectivity index (χ4n) is 8.26. The summed E-state index contributed by atoms with van der Waals surface area (Å²) in [5, 5.41) is 13.7. The van der Waals surface area contributed by atoms with Crippen molar-refractivity contribution >= 4 is 46.3 Å². The molecule has 1 atom stereocenters. The Hall–Kier alpha value is -5.50. The molecule has 2 aromatic carbocycles. The topological polar surface area (TPSA) is 172 Å². The Labute approximate surface area is 313 Å². The quantitative estimate of drug-likeness (QED) is 0.150. The van der Waals surface area contributed by atoms with Gasteiger partial charge in [0.1, 0.15) is 6.04 Å². The largest absolute Gasteiger partial charge is 0.385 e. The number of unbranched alkanes of at least 4 members (excludes halogenated alkanes) is 2. The number of amides is 5. The first kappa shape index (κ1) is 35.5. The van der Waals surface area contributed by atoms with Crippen LogP contribution in [0.4, 0.5) is 5.69 Å². The van der Waals surface area contributed by atoms with E-state index in [1.54, 1.807) is 18.2 Å². The molecule has 14 nitrogen and oxygen atoms in total. The molecule has 4 aromatic rings. The second kappa shape index (κ2) is 15.5. The maximum Gasteiger partial charge on any atom is 0.262 e. The predicted molar refractivity (Wildman–Crippen MR) is 201 cm³/mol. The molecule has 0 spiro atoms. The first-order valence-corrected chi connectivity index (χ1v) is 19.2. The van der Waals surface area contributed by atoms with Crippen LogP contribution in [0.15, 0.2) is 55.0 Å². The number of nitrogens with one attached hydrogen (secondary N) is 3. The van der Waals surface area contributed by atoms with Crippen molar-refractivity contribution in [2.75, 3.05) is 38.0 Å². The Morgan fingerprint density at radius 3 is 2.52 bits per heavy atom. The average Bonchev–Trinajstić information content (AvgIpc) is 3.79. The second-order valence-electron chi connectivity index (χ2n) is 14.8. The van der Waals surface area contributed by atoms with Gasteiger partial charge in [0.05, 0.1) is 46.3 Å². The van der Waals surface area contributed by atoms with Crippen LogP contribution in [0.25, 0.3) is 22.3 Å². The van der Waals surface area contributed by atoms with E-state index in [-0.39, 0.29) is 35.9 Å². The molecule has 0 aliphatic carbocycles. The molecule has 4 aliphatic heterocycles. The Kier molecular flexibility index (Phi) is 10.2. The molecule has 14 heteroatoms. The van der Waals surface area contributed by atoms with Crippen LogP contribution in [0.5, 0.6) is 0 Å². The highest BCUT2D eigenvalue weighted by Crippen LogP contribution is 2.33. The molecule has 54 heavy (non-hydrogen) atoms. The number of benzene rings is 2. The van der Waals surface area contributed by atoms with Crippen molar-refractivity contribution in [3.8, 4) is 11.3 Å². The molecular formula is C40H45N9O5. The maximum absolute atomic E-state index is 13.1. The Morgan fingerprint density at radius 1 is 0.889 bits per heavy atom. The number of aromatic nitrogens is 4. The number of nitrogens with zero attached hydrogens (tertiary/aromatic N) is 6. The van der Waals surface area contributed by atoms with Gasteiger partial charge in [0.15, 0.2) is 0 Å². The number of hydrogen-bond acceptors (Lipinski definition) is 10. The summed E-state index contributed by atoms with van der Waals surface area (Å²) in [4.78, 5) is 75.7. The minimum Gasteiger partial charge on any atom is -0.385 e. The van der Waals surface area contributed by atoms with Gasteiger partial charge in [-0.25, -0.2) is 4.98 Å². The zero-order valence-electron chi connectivity index (χ0n) is 30.3. The summed E-state index contributed by atoms with van der Waals surface area (Å²) < 4.78 is 2.03. The SMILES string of the molecule is O=C1CCC(N2C(=O)c3ccc(NCCCCCC(=O)N4CCC(n5cc(-c6cnc7cccc(C8CCNCC8)c7n6)cn5)CC4)cc3C2=O)C(=O)N1. The van der Waals surface area contributed by atoms with Crippen LogP contribution in [-0.2, 0) is 14.4 Å². The summed E-state index contributed by atoms with van der Waals surface area (Å²) in [5.41, 5.74) is 6.17. The van der Waals surface area contributed by atoms with Gasteiger partial charge < -0.3 is 15.5 Å². The molecule has 3 fully saturated rings. The number of likely N-dealkylation sites (tertiary alicyclic amines) is 1. The highest BCUT2D eigenvalue weighted by molar-refractivity contribution is 6.23. The maximum atomic E-state index is 13.1. The molecule has 280 valence electrons. The van der Waals surface area contributed by atoms with E-state index in [1.165, 1.54) is 5.56 Å². The lowest BCUT2D eigenvalue weighted by Crippen LogP contribution is -2.54. The van der Waals surface area contributed by atoms with Crippen LogP contribution < -0.4 is 16.0 Å². The molecule has 0 radical (unpaired) electrons. The number of hydrogen-bond donors (Lipinski definition) is 3. The molecule has 8 rings (SSSR count). The van der Waals surface area contributed by atoms with Gasteiger partial charge in [-0.2, -0.15) is 5.10 Å². The third-order valence-corrected chi connectivity index (χ3v) is 11.3. The van der Waals surface area contributed by atoms with E-state index in [4.69, 9.17) is 15.1 Å². The average molecular weight is 732 g/mol. The van der Waals surface area contributed by atoms with Crippen LogP contribution in [0.1, 0.15) is 102 Å². The summed E-state index contributed by atoms with van der Waals surface area (Å²) in [6, 6.07) is 10.5. The van der Waals surface area contributed by atoms with Crippen molar-refractivity contribution in [1.82, 2.24) is 40.2 Å². The van der Waals surface area contributed by atoms with Gasteiger partial charge in [0.2, 0.25) is 17.7 Å². The Morgan fingerprint density at radius 2 is 1.70 bits per heavy atom. The molecule has 3 saturated heterocycles. The second-order valence-corrected chi connectivity index (χ2v) is 14.8. The molecule has 6 heterocycles. The van der Waals surface area contributed by atoms with E-state index < -0.39 is 29.7 Å². The molecule has 3 N–H and O–H groups in total. The Bertz CT molecular complexity index is 2100. The lowest BCUT2D eigenvalue weighted by atomic mass is 9.89. The number of carbonyl (C=O) groups is 5. The summed E-state index contributed by atoms with van der Waals surface area (Å²) in [6.45, 7) is 4.10. The normalized spacial score (nSPS) is 19.7. The fourth-order valence-corrected chi connectivity index (χ4v) is 8.26. The fraction of sp³-hybridized carbons (Fsp3) is 0.450. The van der Waals surface area contributed by atoms with Crippen molar-refractivity contribution in [1.29, 1.82) is 0 Å². The molecule has 1 unspecified atom stereocenters. The highest BCUT2D eigenvalue weighted by Gasteiger charge is 2.44. The summed E-state index contributed by atoms with van der Waals surface area (Å²) in [5.74, 6) is -1.40. The zero-order valence-corrected chi connectivity index (χ0v) is 30.3. The highest BCUT2D eigenvalue weighted by atomic mass is 16.2. The van der Waals surface area contributed by atoms with E-state index in [0.29, 0.717) is 37.7 Å². The van der Waals surface area contributed by atoms with Gasteiger partial charge in [-0.15, -0.1) is 0 Å². The summed E-state index contributed by atoms with van der Waals surface area (Å²) >= 11 is 0. The van der Waals surface area contributed by atoms with Crippen LogP contribution in [0, 0.1) is 0 Å². The van der Waals surface area contributed by atoms with Gasteiger partial charge in [0.25, 0.3) is 11.8 Å². The first-order chi connectivity index (χ1) is 26.3. The standard InChI is InChI=1S/C40H45N9O5/c50-35-11-10-34(38(52)46-35)49-39(53)30-9-8-27(21-31(30)40(49)54)42-16-3-1-2-7-36(51)47-19-14-28(15-20-47)48-24-26(22-44-48)33-23-43-32-6-4-5-29(37(32)45-33)25-12-17-41-18-13-25/h4-6,8-9,21-25,28,34,41-42H,1-3,7,10-20H2,(H,46,50,52). The zero-order chi connectivity index (χ0) is 37.2. The monoisotopic (exact) mass is 731 g/mol. The van der Waals surface area contributed by atoms with E-state index in [2.05, 4.69) is 34.3 Å². The van der Waals surface area contributed by atoms with Crippen molar-refractivity contribution < 1.29 is 24.0 Å². The van der Waals surface area contributed by atoms with Crippen LogP contribution in [-0.4, -0.2) is 97.8 Å². The third-order valence-electron chi connectivity index (χ3n) is 11.3. The van der Waals surface area contributed by atoms with Crippen molar-refractivity contribution in [3.63, 3.8) is 0 Å². The van der Waals surface area contributed by atoms with E-state index in [9.17, 15) is 24.0 Å². The molecule has 4 aliphatic rings. The van der Waals surface area contributed by atoms with Crippen LogP contribution >= 0.6 is 0 Å². The van der Waals surface area contributed by atoms with Crippen LogP contribution in [0.2, 0.25) is 0 Å². The van der Waals surface area contributed by atoms with Crippen molar-refractivity contribution in [2.24, 2.45) is 0 Å². The number of carbonyl (C=O) groups excluding carboxylic acids is 5. The number of anilines is 1. The van der Waals surface area contributed by atoms with Crippen molar-refractivity contribution in [2.45, 2.75) is 82.2 Å². The molecular weight excluding hydrogens is 686 g/mol. The molecule has 0 bridgehead atoms. The van der Waals surface area contributed by atoms with Gasteiger partial charge >= 0.3 is 0 Å². The lowest BCUT2D eigenvalue weighted by Gasteiger charge is -2.32. The smallest absolute Gasteiger partial charge is 0.262 e. The van der Waals surface area contributed by atoms with E-state index >= 15 is 0 Å². The summed E-state index contributed by atoms with van der Waals surface area (Å²) in [6.07, 6.45) is 12.9. The Balaban J connectivity index is 0.770. The number of piperidine rings is 3. The van der Waals surface area contributed by atoms with Gasteiger partial charge in [-0.3, -0.25) is 43.9 Å². The first-order valence-electron chi connectivity index (χ1n) is 19.2. The van der Waals surface area contributed by atoms with Gasteiger partial charge in [-0.05, 0) is 93.8 Å². The number of fused-ring (bicyclic) bond motifs is 2. The van der Waals surface area contributed by atoms with Gasteiger partial charge in [-0.1, -0.05) is 18.6 Å². The molecule has 0 saturated carbocycles. The third kappa shape index (κ3) is 7.22. The predicted octanol–water partition coefficient (Wildman–Crippen LogP) is 4.20. The van der Waals surface area contributed by atoms with Crippen molar-refractivity contribution in [3.05, 3.63) is 71.7 Å². The minimum absolute atomic E-state index is 0.0809.